The second-order valence-corrected chi connectivity index (χ2v) is 10.5. The minimum absolute atomic E-state index is 0.0890. The lowest BCUT2D eigenvalue weighted by molar-refractivity contribution is 0.0917. The summed E-state index contributed by atoms with van der Waals surface area (Å²) in [5, 5.41) is 6.93. The van der Waals surface area contributed by atoms with Crippen molar-refractivity contribution < 1.29 is 14.3 Å². The second kappa shape index (κ2) is 11.4. The molecule has 2 aromatic carbocycles. The van der Waals surface area contributed by atoms with Gasteiger partial charge in [-0.15, -0.1) is 11.3 Å². The molecular weight excluding hydrogens is 510 g/mol. The van der Waals surface area contributed by atoms with Gasteiger partial charge in [0.25, 0.3) is 5.91 Å². The zero-order valence-corrected chi connectivity index (χ0v) is 23.5. The number of anilines is 3. The van der Waals surface area contributed by atoms with Gasteiger partial charge >= 0.3 is 6.03 Å². The van der Waals surface area contributed by atoms with Gasteiger partial charge in [0.05, 0.1) is 22.4 Å². The number of benzene rings is 2. The first-order chi connectivity index (χ1) is 19.0. The largest absolute Gasteiger partial charge is 0.457 e. The number of rotatable bonds is 5. The van der Waals surface area contributed by atoms with Crippen LogP contribution in [0.3, 0.4) is 0 Å². The minimum atomic E-state index is -0.315. The Balaban J connectivity index is 0.00000151. The molecule has 2 aliphatic rings. The highest BCUT2D eigenvalue weighted by Gasteiger charge is 2.34. The van der Waals surface area contributed by atoms with Crippen LogP contribution >= 0.6 is 11.3 Å². The maximum atomic E-state index is 13.5. The van der Waals surface area contributed by atoms with Crippen molar-refractivity contribution in [2.24, 2.45) is 0 Å². The number of nitrogens with zero attached hydrogens (tertiary/aromatic N) is 3. The van der Waals surface area contributed by atoms with E-state index in [-0.39, 0.29) is 18.0 Å². The van der Waals surface area contributed by atoms with Crippen molar-refractivity contribution in [2.75, 3.05) is 30.4 Å². The Bertz CT molecular complexity index is 1500. The van der Waals surface area contributed by atoms with Crippen LogP contribution in [0.4, 0.5) is 21.9 Å². The molecular formula is C30H33N5O3S. The fourth-order valence-electron chi connectivity index (χ4n) is 5.09. The number of thiophene rings is 1. The van der Waals surface area contributed by atoms with Crippen LogP contribution in [-0.4, -0.2) is 48.0 Å². The third-order valence-corrected chi connectivity index (χ3v) is 7.90. The van der Waals surface area contributed by atoms with Crippen molar-refractivity contribution in [1.29, 1.82) is 0 Å². The van der Waals surface area contributed by atoms with Gasteiger partial charge in [-0.1, -0.05) is 32.0 Å². The zero-order valence-electron chi connectivity index (χ0n) is 22.7. The molecule has 0 bridgehead atoms. The summed E-state index contributed by atoms with van der Waals surface area (Å²) < 4.78 is 5.97. The molecule has 1 atom stereocenters. The Morgan fingerprint density at radius 3 is 2.64 bits per heavy atom. The van der Waals surface area contributed by atoms with E-state index in [0.717, 1.165) is 48.3 Å². The first kappa shape index (κ1) is 26.6. The number of piperidine rings is 1. The predicted molar refractivity (Wildman–Crippen MR) is 158 cm³/mol. The first-order valence-corrected chi connectivity index (χ1v) is 14.1. The molecule has 0 aliphatic carbocycles. The van der Waals surface area contributed by atoms with Crippen molar-refractivity contribution in [3.8, 4) is 11.5 Å². The summed E-state index contributed by atoms with van der Waals surface area (Å²) in [7, 11) is 2.06. The Labute approximate surface area is 232 Å². The predicted octanol–water partition coefficient (Wildman–Crippen LogP) is 6.93. The number of urea groups is 1. The maximum absolute atomic E-state index is 13.5. The number of likely N-dealkylation sites (tertiary alicyclic amines) is 1. The summed E-state index contributed by atoms with van der Waals surface area (Å²) in [5.74, 6) is 1.26. The number of amides is 3. The van der Waals surface area contributed by atoms with Crippen LogP contribution in [0.1, 0.15) is 41.9 Å². The molecule has 202 valence electrons. The van der Waals surface area contributed by atoms with Crippen molar-refractivity contribution in [2.45, 2.75) is 39.7 Å². The molecule has 8 nitrogen and oxygen atoms in total. The van der Waals surface area contributed by atoms with Crippen LogP contribution in [0.2, 0.25) is 0 Å². The number of hydrogen-bond acceptors (Lipinski definition) is 6. The Hall–Kier alpha value is -3.95. The summed E-state index contributed by atoms with van der Waals surface area (Å²) in [6.07, 6.45) is 3.68. The van der Waals surface area contributed by atoms with E-state index in [4.69, 9.17) is 4.74 Å². The molecule has 3 amide bonds. The first-order valence-electron chi connectivity index (χ1n) is 13.3. The number of likely N-dealkylation sites (N-methyl/N-ethyl adjacent to an activating group) is 1. The Kier molecular flexibility index (Phi) is 7.81. The van der Waals surface area contributed by atoms with E-state index in [9.17, 15) is 9.59 Å². The number of pyridine rings is 1. The van der Waals surface area contributed by atoms with Crippen LogP contribution in [0.15, 0.2) is 60.8 Å². The quantitative estimate of drug-likeness (QED) is 0.285. The molecule has 4 aromatic rings. The van der Waals surface area contributed by atoms with E-state index in [2.05, 4.69) is 27.6 Å². The lowest BCUT2D eigenvalue weighted by Gasteiger charge is -2.31. The third-order valence-electron chi connectivity index (χ3n) is 6.80. The number of aromatic nitrogens is 1. The zero-order chi connectivity index (χ0) is 27.5. The molecule has 0 spiro atoms. The molecule has 0 saturated carbocycles. The number of aryl methyl sites for hydroxylation is 1. The number of nitrogens with one attached hydrogen (secondary N) is 2. The lowest BCUT2D eigenvalue weighted by atomic mass is 10.1. The molecule has 1 fully saturated rings. The van der Waals surface area contributed by atoms with E-state index in [1.807, 2.05) is 75.4 Å². The van der Waals surface area contributed by atoms with Gasteiger partial charge in [-0.25, -0.2) is 9.78 Å². The number of ether oxygens (including phenoxy) is 1. The van der Waals surface area contributed by atoms with Gasteiger partial charge in [0, 0.05) is 18.8 Å². The van der Waals surface area contributed by atoms with E-state index in [1.54, 1.807) is 11.1 Å². The molecule has 2 aromatic heterocycles. The number of carbonyl (C=O) groups excluding carboxylic acids is 2. The van der Waals surface area contributed by atoms with Crippen molar-refractivity contribution >= 4 is 50.6 Å². The Morgan fingerprint density at radius 2 is 1.90 bits per heavy atom. The molecule has 0 radical (unpaired) electrons. The number of carbonyl (C=O) groups is 2. The van der Waals surface area contributed by atoms with Crippen molar-refractivity contribution in [3.63, 3.8) is 0 Å². The second-order valence-electron chi connectivity index (χ2n) is 9.52. The summed E-state index contributed by atoms with van der Waals surface area (Å²) in [6.45, 7) is 7.80. The van der Waals surface area contributed by atoms with Gasteiger partial charge in [0.1, 0.15) is 21.2 Å². The van der Waals surface area contributed by atoms with Crippen LogP contribution < -0.4 is 20.3 Å². The van der Waals surface area contributed by atoms with Crippen LogP contribution in [0.5, 0.6) is 11.5 Å². The third kappa shape index (κ3) is 5.32. The standard InChI is InChI=1S/C28H27N5O3S.C2H6/c1-17-15-20(36-19-8-4-3-5-9-19)10-11-21(17)33-22-12-13-29-27-23(22)24(31-28(33)35)25(37-27)26(34)30-18-7-6-14-32(2)16-18;1-2/h3-5,8-13,15,18H,6-7,14,16H2,1-2H3,(H,30,34)(H,31,35);1-2H3. The van der Waals surface area contributed by atoms with Gasteiger partial charge < -0.3 is 20.3 Å². The highest BCUT2D eigenvalue weighted by molar-refractivity contribution is 7.21. The normalized spacial score (nSPS) is 16.8. The van der Waals surface area contributed by atoms with Gasteiger partial charge in [0.15, 0.2) is 0 Å². The maximum Gasteiger partial charge on any atom is 0.331 e. The Morgan fingerprint density at radius 1 is 1.10 bits per heavy atom. The highest BCUT2D eigenvalue weighted by atomic mass is 32.1. The molecule has 2 N–H and O–H groups in total. The van der Waals surface area contributed by atoms with E-state index in [1.165, 1.54) is 11.3 Å². The fraction of sp³-hybridized carbons (Fsp3) is 0.300. The molecule has 4 heterocycles. The average Bonchev–Trinajstić information content (AvgIpc) is 3.31. The van der Waals surface area contributed by atoms with Crippen LogP contribution in [-0.2, 0) is 0 Å². The summed E-state index contributed by atoms with van der Waals surface area (Å²) in [6, 6.07) is 16.8. The summed E-state index contributed by atoms with van der Waals surface area (Å²) in [4.78, 5) is 36.3. The molecule has 1 saturated heterocycles. The lowest BCUT2D eigenvalue weighted by Crippen LogP contribution is -2.46. The fourth-order valence-corrected chi connectivity index (χ4v) is 6.11. The van der Waals surface area contributed by atoms with Gasteiger partial charge in [-0.05, 0) is 75.3 Å². The topological polar surface area (TPSA) is 86.8 Å². The smallest absolute Gasteiger partial charge is 0.331 e. The minimum Gasteiger partial charge on any atom is -0.457 e. The SMILES string of the molecule is CC.Cc1cc(Oc2ccccc2)ccc1N1C(=O)Nc2c(C(=O)NC3CCCN(C)C3)sc3nccc1c23. The monoisotopic (exact) mass is 543 g/mol. The van der Waals surface area contributed by atoms with Gasteiger partial charge in [-0.3, -0.25) is 9.69 Å². The highest BCUT2D eigenvalue weighted by Crippen LogP contribution is 2.46. The molecule has 2 aliphatic heterocycles. The van der Waals surface area contributed by atoms with E-state index < -0.39 is 0 Å². The molecule has 1 unspecified atom stereocenters. The molecule has 6 rings (SSSR count). The number of hydrogen-bond donors (Lipinski definition) is 2. The van der Waals surface area contributed by atoms with Crippen molar-refractivity contribution in [1.82, 2.24) is 15.2 Å². The molecule has 39 heavy (non-hydrogen) atoms. The van der Waals surface area contributed by atoms with Crippen LogP contribution in [0, 0.1) is 6.92 Å². The van der Waals surface area contributed by atoms with E-state index >= 15 is 0 Å². The van der Waals surface area contributed by atoms with Gasteiger partial charge in [0.2, 0.25) is 0 Å². The van der Waals surface area contributed by atoms with Crippen molar-refractivity contribution in [3.05, 3.63) is 71.2 Å². The average molecular weight is 544 g/mol. The van der Waals surface area contributed by atoms with E-state index in [0.29, 0.717) is 26.8 Å². The number of para-hydroxylation sites is 1. The summed E-state index contributed by atoms with van der Waals surface area (Å²) in [5.41, 5.74) is 2.86. The van der Waals surface area contributed by atoms with Gasteiger partial charge in [-0.2, -0.15) is 0 Å². The molecule has 9 heteroatoms. The van der Waals surface area contributed by atoms with Crippen LogP contribution in [0.25, 0.3) is 10.2 Å². The summed E-state index contributed by atoms with van der Waals surface area (Å²) >= 11 is 1.31.